The van der Waals surface area contributed by atoms with E-state index in [0.29, 0.717) is 0 Å². The minimum absolute atomic E-state index is 0.757. The third kappa shape index (κ3) is 1.12. The highest BCUT2D eigenvalue weighted by Crippen LogP contribution is 2.02. The molecule has 2 rings (SSSR count). The number of nitrogens with zero attached hydrogens (tertiary/aromatic N) is 3. The van der Waals surface area contributed by atoms with E-state index in [0.717, 1.165) is 11.4 Å². The Morgan fingerprint density at radius 2 is 1.82 bits per heavy atom. The van der Waals surface area contributed by atoms with E-state index >= 15 is 0 Å². The second-order valence-corrected chi connectivity index (χ2v) is 2.12. The molecule has 0 atom stereocenters. The van der Waals surface area contributed by atoms with E-state index in [1.54, 1.807) is 24.8 Å². The zero-order valence-electron chi connectivity index (χ0n) is 5.81. The van der Waals surface area contributed by atoms with Gasteiger partial charge in [-0.3, -0.25) is 4.98 Å². The van der Waals surface area contributed by atoms with Crippen LogP contribution in [0.25, 0.3) is 0 Å². The predicted octanol–water partition coefficient (Wildman–Crippen LogP) is 0.917. The van der Waals surface area contributed by atoms with Crippen LogP contribution < -0.4 is 5.32 Å². The normalized spacial score (nSPS) is 14.4. The van der Waals surface area contributed by atoms with Gasteiger partial charge in [-0.15, -0.1) is 0 Å². The molecule has 53 valence electrons. The lowest BCUT2D eigenvalue weighted by atomic mass is 10.2. The van der Waals surface area contributed by atoms with Gasteiger partial charge < -0.3 is 0 Å². The minimum Gasteiger partial charge on any atom is -0.265 e. The van der Waals surface area contributed by atoms with Crippen molar-refractivity contribution in [1.82, 2.24) is 10.3 Å². The maximum absolute atomic E-state index is 4.05. The molecule has 0 amide bonds. The summed E-state index contributed by atoms with van der Waals surface area (Å²) < 4.78 is 0. The highest BCUT2D eigenvalue weighted by Gasteiger charge is 2.03. The number of aromatic nitrogens is 1. The molecule has 0 saturated heterocycles. The monoisotopic (exact) mass is 144 g/mol. The number of hydrogen-bond donors (Lipinski definition) is 0. The summed E-state index contributed by atoms with van der Waals surface area (Å²) >= 11 is 0. The number of amidine groups is 1. The summed E-state index contributed by atoms with van der Waals surface area (Å²) in [6.07, 6.45) is 6.81. The van der Waals surface area contributed by atoms with E-state index in [-0.39, 0.29) is 0 Å². The van der Waals surface area contributed by atoms with Gasteiger partial charge in [0.1, 0.15) is 0 Å². The van der Waals surface area contributed by atoms with E-state index in [4.69, 9.17) is 0 Å². The first kappa shape index (κ1) is 6.09. The van der Waals surface area contributed by atoms with Crippen molar-refractivity contribution in [3.63, 3.8) is 0 Å². The summed E-state index contributed by atoms with van der Waals surface area (Å²) in [5.41, 5.74) is 1.00. The molecule has 0 bridgehead atoms. The van der Waals surface area contributed by atoms with E-state index in [1.165, 1.54) is 0 Å². The molecule has 0 N–H and O–H groups in total. The van der Waals surface area contributed by atoms with Crippen molar-refractivity contribution in [1.29, 1.82) is 0 Å². The topological polar surface area (TPSA) is 39.4 Å². The highest BCUT2D eigenvalue weighted by atomic mass is 15.0. The molecule has 1 radical (unpaired) electrons. The summed E-state index contributed by atoms with van der Waals surface area (Å²) in [4.78, 5) is 7.95. The molecule has 3 nitrogen and oxygen atoms in total. The van der Waals surface area contributed by atoms with E-state index < -0.39 is 0 Å². The van der Waals surface area contributed by atoms with Crippen molar-refractivity contribution < 1.29 is 0 Å². The van der Waals surface area contributed by atoms with Gasteiger partial charge in [-0.2, -0.15) is 0 Å². The first-order valence-electron chi connectivity index (χ1n) is 3.31. The molecule has 0 unspecified atom stereocenters. The van der Waals surface area contributed by atoms with E-state index in [1.807, 2.05) is 12.1 Å². The van der Waals surface area contributed by atoms with Gasteiger partial charge in [0.2, 0.25) is 0 Å². The van der Waals surface area contributed by atoms with Crippen molar-refractivity contribution in [2.45, 2.75) is 0 Å². The summed E-state index contributed by atoms with van der Waals surface area (Å²) in [5, 5.41) is 4.05. The third-order valence-electron chi connectivity index (χ3n) is 1.40. The van der Waals surface area contributed by atoms with Crippen LogP contribution in [0.15, 0.2) is 41.9 Å². The molecule has 2 heterocycles. The number of pyridine rings is 1. The van der Waals surface area contributed by atoms with Crippen molar-refractivity contribution in [2.24, 2.45) is 4.99 Å². The highest BCUT2D eigenvalue weighted by molar-refractivity contribution is 6.00. The Morgan fingerprint density at radius 1 is 1.00 bits per heavy atom. The lowest BCUT2D eigenvalue weighted by molar-refractivity contribution is 1.26. The first-order chi connectivity index (χ1) is 5.47. The molecule has 11 heavy (non-hydrogen) atoms. The Kier molecular flexibility index (Phi) is 1.41. The summed E-state index contributed by atoms with van der Waals surface area (Å²) in [6.45, 7) is 0. The molecule has 0 fully saturated rings. The van der Waals surface area contributed by atoms with Crippen LogP contribution in [0, 0.1) is 0 Å². The fraction of sp³-hybridized carbons (Fsp3) is 0. The van der Waals surface area contributed by atoms with Crippen molar-refractivity contribution in [3.8, 4) is 0 Å². The van der Waals surface area contributed by atoms with Gasteiger partial charge in [0.05, 0.1) is 0 Å². The standard InChI is InChI=1S/C8H6N3/c1-3-9-4-2-7(1)8-10-5-6-11-8/h1-6H. The van der Waals surface area contributed by atoms with Gasteiger partial charge in [-0.1, -0.05) is 0 Å². The molecule has 1 aliphatic rings. The number of aliphatic imine (C=N–C) groups is 1. The second kappa shape index (κ2) is 2.54. The third-order valence-corrected chi connectivity index (χ3v) is 1.40. The Bertz CT molecular complexity index is 300. The van der Waals surface area contributed by atoms with Gasteiger partial charge in [0.15, 0.2) is 5.84 Å². The van der Waals surface area contributed by atoms with Crippen molar-refractivity contribution in [2.75, 3.05) is 0 Å². The average Bonchev–Trinajstić information content (AvgIpc) is 2.58. The van der Waals surface area contributed by atoms with Crippen LogP contribution in [0.3, 0.4) is 0 Å². The fourth-order valence-electron chi connectivity index (χ4n) is 0.891. The lowest BCUT2D eigenvalue weighted by Crippen LogP contribution is -2.07. The van der Waals surface area contributed by atoms with Crippen LogP contribution in [0.2, 0.25) is 0 Å². The Hall–Kier alpha value is -1.64. The second-order valence-electron chi connectivity index (χ2n) is 2.12. The van der Waals surface area contributed by atoms with Crippen LogP contribution in [0.4, 0.5) is 0 Å². The Morgan fingerprint density at radius 3 is 2.45 bits per heavy atom. The maximum atomic E-state index is 4.05. The molecule has 0 aliphatic carbocycles. The Labute approximate surface area is 64.5 Å². The molecule has 0 spiro atoms. The van der Waals surface area contributed by atoms with E-state index in [9.17, 15) is 0 Å². The zero-order chi connectivity index (χ0) is 7.52. The van der Waals surface area contributed by atoms with Crippen LogP contribution in [0.5, 0.6) is 0 Å². The number of rotatable bonds is 1. The first-order valence-corrected chi connectivity index (χ1v) is 3.31. The molecule has 1 aliphatic heterocycles. The summed E-state index contributed by atoms with van der Waals surface area (Å²) in [6, 6.07) is 3.77. The average molecular weight is 144 g/mol. The molecular weight excluding hydrogens is 138 g/mol. The molecule has 1 aromatic rings. The van der Waals surface area contributed by atoms with Gasteiger partial charge in [-0.25, -0.2) is 10.3 Å². The van der Waals surface area contributed by atoms with Crippen LogP contribution >= 0.6 is 0 Å². The largest absolute Gasteiger partial charge is 0.265 e. The number of hydrogen-bond acceptors (Lipinski definition) is 2. The Balaban J connectivity index is 2.31. The SMILES string of the molecule is C1=CN=C(c2ccncc2)[N]1. The van der Waals surface area contributed by atoms with Gasteiger partial charge >= 0.3 is 0 Å². The van der Waals surface area contributed by atoms with Crippen molar-refractivity contribution >= 4 is 5.84 Å². The summed E-state index contributed by atoms with van der Waals surface area (Å²) in [7, 11) is 0. The summed E-state index contributed by atoms with van der Waals surface area (Å²) in [5.74, 6) is 0.757. The van der Waals surface area contributed by atoms with Crippen LogP contribution in [0.1, 0.15) is 5.56 Å². The van der Waals surface area contributed by atoms with Gasteiger partial charge in [-0.05, 0) is 12.1 Å². The lowest BCUT2D eigenvalue weighted by Gasteiger charge is -1.96. The maximum Gasteiger partial charge on any atom is 0.159 e. The molecule has 0 aromatic carbocycles. The van der Waals surface area contributed by atoms with E-state index in [2.05, 4.69) is 15.3 Å². The zero-order valence-corrected chi connectivity index (χ0v) is 5.81. The van der Waals surface area contributed by atoms with Crippen molar-refractivity contribution in [3.05, 3.63) is 42.5 Å². The van der Waals surface area contributed by atoms with Gasteiger partial charge in [0.25, 0.3) is 0 Å². The minimum atomic E-state index is 0.757. The quantitative estimate of drug-likeness (QED) is 0.577. The van der Waals surface area contributed by atoms with Crippen LogP contribution in [-0.4, -0.2) is 10.8 Å². The fourth-order valence-corrected chi connectivity index (χ4v) is 0.891. The van der Waals surface area contributed by atoms with Crippen LogP contribution in [-0.2, 0) is 0 Å². The smallest absolute Gasteiger partial charge is 0.159 e. The molecular formula is C8H6N3. The molecule has 1 aromatic heterocycles. The molecule has 3 heteroatoms. The van der Waals surface area contributed by atoms with Gasteiger partial charge in [0, 0.05) is 30.4 Å². The molecule has 0 saturated carbocycles. The predicted molar refractivity (Wildman–Crippen MR) is 42.0 cm³/mol.